The van der Waals surface area contributed by atoms with E-state index < -0.39 is 73.8 Å². The van der Waals surface area contributed by atoms with Gasteiger partial charge in [-0.1, -0.05) is 35.9 Å². The summed E-state index contributed by atoms with van der Waals surface area (Å²) < 4.78 is 84.2. The molecule has 232 valence electrons. The van der Waals surface area contributed by atoms with Gasteiger partial charge in [0.05, 0.1) is 17.5 Å². The second-order valence-electron chi connectivity index (χ2n) is 10.7. The number of nitrogens with two attached hydrogens (primary N) is 1. The summed E-state index contributed by atoms with van der Waals surface area (Å²) in [5.41, 5.74) is 7.63. The van der Waals surface area contributed by atoms with E-state index in [1.54, 1.807) is 36.4 Å². The Morgan fingerprint density at radius 2 is 1.65 bits per heavy atom. The first-order chi connectivity index (χ1) is 20.1. The zero-order valence-electron chi connectivity index (χ0n) is 23.0. The van der Waals surface area contributed by atoms with Crippen LogP contribution in [0.2, 0.25) is 0 Å². The number of fused-ring (bicyclic) bond motifs is 1. The van der Waals surface area contributed by atoms with Crippen LogP contribution in [0.4, 0.5) is 32.0 Å². The minimum atomic E-state index is -4.78. The zero-order valence-corrected chi connectivity index (χ0v) is 23.0. The maximum absolute atomic E-state index is 13.4. The molecule has 1 fully saturated rings. The summed E-state index contributed by atoms with van der Waals surface area (Å²) in [6.45, 7) is 1.83. The molecule has 4 rings (SSSR count). The number of benzene rings is 2. The lowest BCUT2D eigenvalue weighted by molar-refractivity contribution is -0.152. The molecule has 0 aromatic heterocycles. The SMILES string of the molecule is Cc1cccc(C2=NC(NC(=O)C(CCC(F)(F)F)C(CCC(F)(F)F)C(N)=O)C(=O)Nc3c(OC4CC4)cccc32)c1. The highest BCUT2D eigenvalue weighted by molar-refractivity contribution is 6.20. The van der Waals surface area contributed by atoms with Crippen LogP contribution >= 0.6 is 0 Å². The van der Waals surface area contributed by atoms with Gasteiger partial charge in [0, 0.05) is 35.8 Å². The predicted octanol–water partition coefficient (Wildman–Crippen LogP) is 5.17. The van der Waals surface area contributed by atoms with E-state index in [2.05, 4.69) is 15.6 Å². The monoisotopic (exact) mass is 612 g/mol. The van der Waals surface area contributed by atoms with Crippen molar-refractivity contribution in [2.45, 2.75) is 70.1 Å². The van der Waals surface area contributed by atoms with Gasteiger partial charge in [0.1, 0.15) is 5.75 Å². The third-order valence-electron chi connectivity index (χ3n) is 7.09. The van der Waals surface area contributed by atoms with Crippen LogP contribution in [-0.4, -0.2) is 48.1 Å². The Hall–Kier alpha value is -4.10. The summed E-state index contributed by atoms with van der Waals surface area (Å²) in [4.78, 5) is 43.4. The average molecular weight is 613 g/mol. The molecule has 14 heteroatoms. The zero-order chi connectivity index (χ0) is 31.5. The number of nitrogens with one attached hydrogen (secondary N) is 2. The van der Waals surface area contributed by atoms with Crippen molar-refractivity contribution < 1.29 is 45.5 Å². The topological polar surface area (TPSA) is 123 Å². The van der Waals surface area contributed by atoms with E-state index in [0.29, 0.717) is 16.9 Å². The van der Waals surface area contributed by atoms with Crippen molar-refractivity contribution in [3.05, 3.63) is 59.2 Å². The van der Waals surface area contributed by atoms with Crippen LogP contribution in [0.25, 0.3) is 0 Å². The van der Waals surface area contributed by atoms with Gasteiger partial charge in [-0.3, -0.25) is 14.4 Å². The lowest BCUT2D eigenvalue weighted by atomic mass is 9.83. The molecule has 3 unspecified atom stereocenters. The summed E-state index contributed by atoms with van der Waals surface area (Å²) in [6, 6.07) is 12.1. The molecule has 0 radical (unpaired) electrons. The lowest BCUT2D eigenvalue weighted by Gasteiger charge is -2.26. The fourth-order valence-electron chi connectivity index (χ4n) is 4.83. The van der Waals surface area contributed by atoms with E-state index >= 15 is 0 Å². The molecule has 0 saturated heterocycles. The number of aliphatic imine (C=N–C) groups is 1. The lowest BCUT2D eigenvalue weighted by Crippen LogP contribution is -2.48. The predicted molar refractivity (Wildman–Crippen MR) is 144 cm³/mol. The van der Waals surface area contributed by atoms with Crippen molar-refractivity contribution in [3.63, 3.8) is 0 Å². The van der Waals surface area contributed by atoms with Crippen LogP contribution in [0.1, 0.15) is 55.2 Å². The molecule has 43 heavy (non-hydrogen) atoms. The molecular weight excluding hydrogens is 582 g/mol. The fourth-order valence-corrected chi connectivity index (χ4v) is 4.83. The molecule has 1 aliphatic heterocycles. The number of anilines is 1. The molecule has 0 spiro atoms. The molecule has 2 aliphatic rings. The van der Waals surface area contributed by atoms with Crippen LogP contribution in [0.5, 0.6) is 5.75 Å². The highest BCUT2D eigenvalue weighted by Gasteiger charge is 2.41. The van der Waals surface area contributed by atoms with Crippen molar-refractivity contribution >= 4 is 29.1 Å². The maximum Gasteiger partial charge on any atom is 0.389 e. The van der Waals surface area contributed by atoms with E-state index in [0.717, 1.165) is 18.4 Å². The number of aryl methyl sites for hydroxylation is 1. The van der Waals surface area contributed by atoms with Gasteiger partial charge in [-0.05, 0) is 44.7 Å². The minimum Gasteiger partial charge on any atom is -0.488 e. The molecule has 8 nitrogen and oxygen atoms in total. The summed E-state index contributed by atoms with van der Waals surface area (Å²) in [7, 11) is 0. The van der Waals surface area contributed by atoms with Crippen molar-refractivity contribution in [3.8, 4) is 5.75 Å². The van der Waals surface area contributed by atoms with Gasteiger partial charge < -0.3 is 21.1 Å². The van der Waals surface area contributed by atoms with Crippen molar-refractivity contribution in [2.75, 3.05) is 5.32 Å². The van der Waals surface area contributed by atoms with Crippen LogP contribution < -0.4 is 21.1 Å². The number of alkyl halides is 6. The number of ether oxygens (including phenoxy) is 1. The van der Waals surface area contributed by atoms with Gasteiger partial charge in [-0.25, -0.2) is 4.99 Å². The Kier molecular flexibility index (Phi) is 9.35. The highest BCUT2D eigenvalue weighted by atomic mass is 19.4. The molecule has 3 atom stereocenters. The molecule has 1 saturated carbocycles. The Labute approximate surface area is 243 Å². The Bertz CT molecular complexity index is 1400. The molecule has 2 aromatic carbocycles. The maximum atomic E-state index is 13.4. The number of nitrogens with zero attached hydrogens (tertiary/aromatic N) is 1. The van der Waals surface area contributed by atoms with Gasteiger partial charge in [-0.15, -0.1) is 0 Å². The van der Waals surface area contributed by atoms with Gasteiger partial charge in [0.25, 0.3) is 5.91 Å². The summed E-state index contributed by atoms with van der Waals surface area (Å²) in [5.74, 6) is -6.94. The standard InChI is InChI=1S/C29H30F6N4O4/c1-15-4-2-5-16(14-15)22-20-6-3-7-21(43-17-8-9-17)23(20)38-27(42)25(37-22)39-26(41)19(11-13-29(33,34)35)18(24(36)40)10-12-28(30,31)32/h2-7,14,17-19,25H,8-13H2,1H3,(H2,36,40)(H,38,42)(H,39,41). The normalized spacial score (nSPS) is 18.4. The number of halogens is 6. The molecule has 3 amide bonds. The van der Waals surface area contributed by atoms with Crippen molar-refractivity contribution in [1.82, 2.24) is 5.32 Å². The van der Waals surface area contributed by atoms with E-state index in [1.165, 1.54) is 0 Å². The second-order valence-corrected chi connectivity index (χ2v) is 10.7. The minimum absolute atomic E-state index is 0.0432. The van der Waals surface area contributed by atoms with E-state index in [-0.39, 0.29) is 17.5 Å². The van der Waals surface area contributed by atoms with Crippen molar-refractivity contribution in [2.24, 2.45) is 22.6 Å². The largest absolute Gasteiger partial charge is 0.488 e. The van der Waals surface area contributed by atoms with Crippen molar-refractivity contribution in [1.29, 1.82) is 0 Å². The second kappa shape index (κ2) is 12.6. The van der Waals surface area contributed by atoms with E-state index in [9.17, 15) is 40.7 Å². The number of para-hydroxylation sites is 1. The third kappa shape index (κ3) is 8.71. The number of primary amides is 1. The van der Waals surface area contributed by atoms with Crippen LogP contribution in [0.15, 0.2) is 47.5 Å². The molecule has 0 bridgehead atoms. The number of rotatable bonds is 11. The van der Waals surface area contributed by atoms with E-state index in [1.807, 2.05) is 13.0 Å². The summed E-state index contributed by atoms with van der Waals surface area (Å²) in [6.07, 6.45) is -14.8. The smallest absolute Gasteiger partial charge is 0.389 e. The van der Waals surface area contributed by atoms with Gasteiger partial charge in [0.2, 0.25) is 18.0 Å². The number of hydrogen-bond donors (Lipinski definition) is 3. The number of carbonyl (C=O) groups excluding carboxylic acids is 3. The van der Waals surface area contributed by atoms with Crippen LogP contribution in [-0.2, 0) is 14.4 Å². The molecule has 1 heterocycles. The number of benzodiazepines with no additional fused rings is 1. The molecule has 4 N–H and O–H groups in total. The Balaban J connectivity index is 1.71. The van der Waals surface area contributed by atoms with Gasteiger partial charge >= 0.3 is 12.4 Å². The molecular formula is C29H30F6N4O4. The third-order valence-corrected chi connectivity index (χ3v) is 7.09. The number of amides is 3. The summed E-state index contributed by atoms with van der Waals surface area (Å²) >= 11 is 0. The van der Waals surface area contributed by atoms with Gasteiger partial charge in [0.15, 0.2) is 0 Å². The highest BCUT2D eigenvalue weighted by Crippen LogP contribution is 2.37. The van der Waals surface area contributed by atoms with E-state index in [4.69, 9.17) is 10.5 Å². The fraction of sp³-hybridized carbons (Fsp3) is 0.448. The molecule has 2 aromatic rings. The first-order valence-corrected chi connectivity index (χ1v) is 13.6. The quantitative estimate of drug-likeness (QED) is 0.303. The van der Waals surface area contributed by atoms with Gasteiger partial charge in [-0.2, -0.15) is 26.3 Å². The Morgan fingerprint density at radius 3 is 2.23 bits per heavy atom. The first-order valence-electron chi connectivity index (χ1n) is 13.6. The average Bonchev–Trinajstić information content (AvgIpc) is 3.72. The Morgan fingerprint density at radius 1 is 1.02 bits per heavy atom. The van der Waals surface area contributed by atoms with Crippen LogP contribution in [0.3, 0.4) is 0 Å². The summed E-state index contributed by atoms with van der Waals surface area (Å²) in [5, 5.41) is 4.94. The first kappa shape index (κ1) is 31.8. The molecule has 1 aliphatic carbocycles. The van der Waals surface area contributed by atoms with Crippen LogP contribution in [0, 0.1) is 18.8 Å². The number of carbonyl (C=O) groups is 3. The number of hydrogen-bond acceptors (Lipinski definition) is 5.